The molecule has 0 saturated carbocycles. The lowest BCUT2D eigenvalue weighted by molar-refractivity contribution is 0.373. The predicted molar refractivity (Wildman–Crippen MR) is 73.5 cm³/mol. The third-order valence-electron chi connectivity index (χ3n) is 2.55. The maximum Gasteiger partial charge on any atom is 0.325 e. The molecule has 0 fully saturated rings. The van der Waals surface area contributed by atoms with Crippen molar-refractivity contribution >= 4 is 34.6 Å². The second-order valence-corrected chi connectivity index (χ2v) is 6.73. The average Bonchev–Trinajstić information content (AvgIpc) is 2.27. The van der Waals surface area contributed by atoms with Gasteiger partial charge in [-0.25, -0.2) is 0 Å². The summed E-state index contributed by atoms with van der Waals surface area (Å²) in [6.07, 6.45) is -0.248. The third-order valence-corrected chi connectivity index (χ3v) is 3.81. The SMILES string of the molecule is O=c1[nH]c2cc(Br)cc(CCP(=O)(O)O)c2[nH]c1=O. The molecule has 2 aromatic rings. The number of hydrogen-bond donors (Lipinski definition) is 4. The normalized spacial score (nSPS) is 11.9. The highest BCUT2D eigenvalue weighted by Crippen LogP contribution is 2.35. The first-order valence-corrected chi connectivity index (χ1v) is 7.84. The summed E-state index contributed by atoms with van der Waals surface area (Å²) in [6.45, 7) is 0. The number of benzene rings is 1. The van der Waals surface area contributed by atoms with E-state index in [2.05, 4.69) is 25.9 Å². The molecule has 0 amide bonds. The lowest BCUT2D eigenvalue weighted by Gasteiger charge is -2.08. The fourth-order valence-corrected chi connectivity index (χ4v) is 2.76. The Balaban J connectivity index is 2.59. The van der Waals surface area contributed by atoms with Gasteiger partial charge in [-0.15, -0.1) is 0 Å². The van der Waals surface area contributed by atoms with Gasteiger partial charge in [0, 0.05) is 4.47 Å². The van der Waals surface area contributed by atoms with E-state index < -0.39 is 18.7 Å². The Hall–Kier alpha value is -1.21. The first-order chi connectivity index (χ1) is 8.76. The van der Waals surface area contributed by atoms with Crippen molar-refractivity contribution in [3.05, 3.63) is 42.9 Å². The molecular formula is C10H10BrN2O5P. The van der Waals surface area contributed by atoms with E-state index in [1.165, 1.54) is 0 Å². The summed E-state index contributed by atoms with van der Waals surface area (Å²) in [4.78, 5) is 45.1. The first kappa shape index (κ1) is 14.2. The molecule has 0 bridgehead atoms. The summed E-state index contributed by atoms with van der Waals surface area (Å²) in [5.74, 6) is 0. The molecule has 102 valence electrons. The molecule has 9 heteroatoms. The number of H-pyrrole nitrogens is 2. The topological polar surface area (TPSA) is 123 Å². The molecule has 0 aliphatic rings. The Morgan fingerprint density at radius 1 is 1.16 bits per heavy atom. The average molecular weight is 349 g/mol. The van der Waals surface area contributed by atoms with Crippen LogP contribution in [-0.2, 0) is 11.0 Å². The Kier molecular flexibility index (Phi) is 3.78. The van der Waals surface area contributed by atoms with E-state index in [-0.39, 0.29) is 12.6 Å². The zero-order valence-corrected chi connectivity index (χ0v) is 12.0. The highest BCUT2D eigenvalue weighted by Gasteiger charge is 2.15. The standard InChI is InChI=1S/C10H10BrN2O5P/c11-6-3-5(1-2-19(16,17)18)8-7(4-6)12-9(14)10(15)13-8/h3-4H,1-2H2,(H,12,14)(H,13,15)(H2,16,17,18). The van der Waals surface area contributed by atoms with E-state index in [0.29, 0.717) is 21.1 Å². The fourth-order valence-electron chi connectivity index (χ4n) is 1.72. The van der Waals surface area contributed by atoms with Crippen molar-refractivity contribution in [2.24, 2.45) is 0 Å². The molecule has 2 rings (SSSR count). The molecule has 0 spiro atoms. The predicted octanol–water partition coefficient (Wildman–Crippen LogP) is 0.699. The van der Waals surface area contributed by atoms with Crippen molar-refractivity contribution in [3.63, 3.8) is 0 Å². The Morgan fingerprint density at radius 3 is 2.42 bits per heavy atom. The quantitative estimate of drug-likeness (QED) is 0.480. The summed E-state index contributed by atoms with van der Waals surface area (Å²) in [5.41, 5.74) is -0.249. The van der Waals surface area contributed by atoms with Crippen LogP contribution in [0, 0.1) is 0 Å². The number of aryl methyl sites for hydroxylation is 1. The number of fused-ring (bicyclic) bond motifs is 1. The third kappa shape index (κ3) is 3.42. The summed E-state index contributed by atoms with van der Waals surface area (Å²) in [6, 6.07) is 3.25. The lowest BCUT2D eigenvalue weighted by Crippen LogP contribution is -2.29. The number of nitrogens with one attached hydrogen (secondary N) is 2. The molecule has 0 atom stereocenters. The molecule has 7 nitrogen and oxygen atoms in total. The van der Waals surface area contributed by atoms with Gasteiger partial charge in [-0.05, 0) is 24.1 Å². The zero-order valence-electron chi connectivity index (χ0n) is 9.51. The van der Waals surface area contributed by atoms with Crippen LogP contribution in [0.1, 0.15) is 5.56 Å². The van der Waals surface area contributed by atoms with Crippen LogP contribution in [0.4, 0.5) is 0 Å². The highest BCUT2D eigenvalue weighted by molar-refractivity contribution is 9.10. The van der Waals surface area contributed by atoms with Crippen LogP contribution in [0.5, 0.6) is 0 Å². The van der Waals surface area contributed by atoms with E-state index in [1.807, 2.05) is 0 Å². The summed E-state index contributed by atoms with van der Waals surface area (Å²) in [5, 5.41) is 0. The van der Waals surface area contributed by atoms with E-state index in [1.54, 1.807) is 12.1 Å². The second kappa shape index (κ2) is 5.05. The van der Waals surface area contributed by atoms with Crippen LogP contribution in [0.2, 0.25) is 0 Å². The molecule has 0 aliphatic carbocycles. The van der Waals surface area contributed by atoms with Gasteiger partial charge < -0.3 is 19.8 Å². The molecule has 0 radical (unpaired) electrons. The van der Waals surface area contributed by atoms with Gasteiger partial charge in [-0.3, -0.25) is 14.2 Å². The molecule has 1 heterocycles. The van der Waals surface area contributed by atoms with Gasteiger partial charge in [0.05, 0.1) is 17.2 Å². The smallest absolute Gasteiger partial charge is 0.324 e. The molecule has 19 heavy (non-hydrogen) atoms. The molecule has 1 aromatic heterocycles. The maximum atomic E-state index is 11.3. The van der Waals surface area contributed by atoms with Crippen molar-refractivity contribution in [3.8, 4) is 0 Å². The minimum Gasteiger partial charge on any atom is -0.324 e. The van der Waals surface area contributed by atoms with Crippen LogP contribution < -0.4 is 11.1 Å². The largest absolute Gasteiger partial charge is 0.325 e. The second-order valence-electron chi connectivity index (χ2n) is 4.03. The fraction of sp³-hybridized carbons (Fsp3) is 0.200. The number of rotatable bonds is 3. The molecule has 0 aliphatic heterocycles. The maximum absolute atomic E-state index is 11.3. The van der Waals surface area contributed by atoms with Crippen LogP contribution in [0.15, 0.2) is 26.2 Å². The monoisotopic (exact) mass is 348 g/mol. The number of halogens is 1. The minimum atomic E-state index is -4.12. The lowest BCUT2D eigenvalue weighted by atomic mass is 10.1. The molecular weight excluding hydrogens is 339 g/mol. The zero-order chi connectivity index (χ0) is 14.2. The number of aromatic nitrogens is 2. The molecule has 0 saturated heterocycles. The van der Waals surface area contributed by atoms with Gasteiger partial charge in [0.25, 0.3) is 0 Å². The van der Waals surface area contributed by atoms with Crippen molar-refractivity contribution in [1.29, 1.82) is 0 Å². The van der Waals surface area contributed by atoms with Crippen molar-refractivity contribution < 1.29 is 14.4 Å². The van der Waals surface area contributed by atoms with Gasteiger partial charge in [-0.1, -0.05) is 15.9 Å². The van der Waals surface area contributed by atoms with Crippen LogP contribution in [0.3, 0.4) is 0 Å². The minimum absolute atomic E-state index is 0.0855. The van der Waals surface area contributed by atoms with Crippen LogP contribution in [-0.4, -0.2) is 25.9 Å². The summed E-state index contributed by atoms with van der Waals surface area (Å²) < 4.78 is 11.5. The van der Waals surface area contributed by atoms with Crippen LogP contribution in [0.25, 0.3) is 11.0 Å². The summed E-state index contributed by atoms with van der Waals surface area (Å²) in [7, 11) is -4.12. The van der Waals surface area contributed by atoms with E-state index in [0.717, 1.165) is 0 Å². The van der Waals surface area contributed by atoms with Gasteiger partial charge in [0.15, 0.2) is 0 Å². The number of hydrogen-bond acceptors (Lipinski definition) is 3. The van der Waals surface area contributed by atoms with Gasteiger partial charge >= 0.3 is 18.7 Å². The first-order valence-electron chi connectivity index (χ1n) is 5.25. The van der Waals surface area contributed by atoms with Crippen molar-refractivity contribution in [2.75, 3.05) is 6.16 Å². The highest BCUT2D eigenvalue weighted by atomic mass is 79.9. The Labute approximate surface area is 115 Å². The Morgan fingerprint density at radius 2 is 1.79 bits per heavy atom. The van der Waals surface area contributed by atoms with Crippen molar-refractivity contribution in [2.45, 2.75) is 6.42 Å². The van der Waals surface area contributed by atoms with Gasteiger partial charge in [0.2, 0.25) is 0 Å². The van der Waals surface area contributed by atoms with Gasteiger partial charge in [0.1, 0.15) is 0 Å². The molecule has 0 unspecified atom stereocenters. The Bertz CT molecular complexity index is 791. The van der Waals surface area contributed by atoms with E-state index >= 15 is 0 Å². The summed E-state index contributed by atoms with van der Waals surface area (Å²) >= 11 is 3.24. The van der Waals surface area contributed by atoms with E-state index in [9.17, 15) is 14.2 Å². The molecule has 1 aromatic carbocycles. The van der Waals surface area contributed by atoms with Crippen molar-refractivity contribution in [1.82, 2.24) is 9.97 Å². The number of aromatic amines is 2. The van der Waals surface area contributed by atoms with Gasteiger partial charge in [-0.2, -0.15) is 0 Å². The van der Waals surface area contributed by atoms with Crippen LogP contribution >= 0.6 is 23.5 Å². The van der Waals surface area contributed by atoms with E-state index in [4.69, 9.17) is 9.79 Å². The molecule has 4 N–H and O–H groups in total.